The SMILES string of the molecule is CCCC(=O)/C(C#N)=C(\O)c1cc(O)c(O)c([N+](=O)[O-])c1. The van der Waals surface area contributed by atoms with Crippen LogP contribution in [0.2, 0.25) is 0 Å². The van der Waals surface area contributed by atoms with E-state index in [4.69, 9.17) is 5.26 Å². The third-order valence-corrected chi connectivity index (χ3v) is 2.64. The Balaban J connectivity index is 3.49. The van der Waals surface area contributed by atoms with Crippen LogP contribution in [0.3, 0.4) is 0 Å². The zero-order valence-corrected chi connectivity index (χ0v) is 11.0. The lowest BCUT2D eigenvalue weighted by Gasteiger charge is -2.06. The van der Waals surface area contributed by atoms with Crippen LogP contribution in [0.4, 0.5) is 5.69 Å². The average molecular weight is 292 g/mol. The Bertz CT molecular complexity index is 672. The van der Waals surface area contributed by atoms with E-state index in [9.17, 15) is 30.2 Å². The Morgan fingerprint density at radius 3 is 2.52 bits per heavy atom. The molecule has 0 fully saturated rings. The third-order valence-electron chi connectivity index (χ3n) is 2.64. The van der Waals surface area contributed by atoms with E-state index in [2.05, 4.69) is 0 Å². The summed E-state index contributed by atoms with van der Waals surface area (Å²) in [5, 5.41) is 48.3. The summed E-state index contributed by atoms with van der Waals surface area (Å²) >= 11 is 0. The van der Waals surface area contributed by atoms with Crippen molar-refractivity contribution >= 4 is 17.2 Å². The van der Waals surface area contributed by atoms with Crippen LogP contribution in [-0.4, -0.2) is 26.0 Å². The predicted octanol–water partition coefficient (Wildman–Crippen LogP) is 2.17. The van der Waals surface area contributed by atoms with Crippen molar-refractivity contribution in [3.05, 3.63) is 33.4 Å². The first kappa shape index (κ1) is 16.0. The topological polar surface area (TPSA) is 145 Å². The first-order valence-corrected chi connectivity index (χ1v) is 5.90. The molecule has 0 aliphatic carbocycles. The number of carbonyl (C=O) groups is 1. The second-order valence-electron chi connectivity index (χ2n) is 4.13. The predicted molar refractivity (Wildman–Crippen MR) is 71.5 cm³/mol. The number of phenolic OH excluding ortho intramolecular Hbond substituents is 2. The van der Waals surface area contributed by atoms with Gasteiger partial charge >= 0.3 is 5.69 Å². The molecule has 0 aliphatic heterocycles. The van der Waals surface area contributed by atoms with Crippen molar-refractivity contribution < 1.29 is 25.0 Å². The monoisotopic (exact) mass is 292 g/mol. The molecule has 0 atom stereocenters. The van der Waals surface area contributed by atoms with E-state index in [1.807, 2.05) is 0 Å². The lowest BCUT2D eigenvalue weighted by atomic mass is 10.0. The number of nitriles is 1. The number of phenols is 2. The second kappa shape index (κ2) is 6.38. The molecular formula is C13H12N2O6. The number of rotatable bonds is 5. The molecular weight excluding hydrogens is 280 g/mol. The number of nitrogens with zero attached hydrogens (tertiary/aromatic N) is 2. The minimum absolute atomic E-state index is 0.0269. The first-order chi connectivity index (χ1) is 9.83. The van der Waals surface area contributed by atoms with E-state index in [0.717, 1.165) is 12.1 Å². The minimum atomic E-state index is -0.967. The maximum absolute atomic E-state index is 11.7. The molecule has 0 aromatic heterocycles. The number of hydrogen-bond acceptors (Lipinski definition) is 7. The number of carbonyl (C=O) groups excluding carboxylic acids is 1. The van der Waals surface area contributed by atoms with E-state index in [1.54, 1.807) is 6.92 Å². The van der Waals surface area contributed by atoms with Gasteiger partial charge in [-0.15, -0.1) is 0 Å². The van der Waals surface area contributed by atoms with Crippen LogP contribution in [0.1, 0.15) is 25.3 Å². The molecule has 0 saturated heterocycles. The normalized spacial score (nSPS) is 11.4. The van der Waals surface area contributed by atoms with E-state index < -0.39 is 39.2 Å². The van der Waals surface area contributed by atoms with Gasteiger partial charge in [0.2, 0.25) is 5.75 Å². The highest BCUT2D eigenvalue weighted by atomic mass is 16.6. The van der Waals surface area contributed by atoms with Gasteiger partial charge in [-0.3, -0.25) is 14.9 Å². The fourth-order valence-corrected chi connectivity index (χ4v) is 1.62. The number of allylic oxidation sites excluding steroid dienone is 1. The van der Waals surface area contributed by atoms with Gasteiger partial charge in [0.25, 0.3) is 0 Å². The molecule has 0 heterocycles. The maximum atomic E-state index is 11.7. The number of aromatic hydroxyl groups is 2. The van der Waals surface area contributed by atoms with Crippen LogP contribution in [0.5, 0.6) is 11.5 Å². The Hall–Kier alpha value is -3.08. The van der Waals surface area contributed by atoms with Gasteiger partial charge in [0.05, 0.1) is 4.92 Å². The van der Waals surface area contributed by atoms with Gasteiger partial charge < -0.3 is 15.3 Å². The fourth-order valence-electron chi connectivity index (χ4n) is 1.62. The number of nitro benzene ring substituents is 1. The molecule has 3 N–H and O–H groups in total. The van der Waals surface area contributed by atoms with E-state index in [1.165, 1.54) is 6.07 Å². The standard InChI is InChI=1S/C13H12N2O6/c1-2-3-10(16)8(6-14)12(18)7-4-9(15(20)21)13(19)11(17)5-7/h4-5,17-19H,2-3H2,1H3/b12-8-. The van der Waals surface area contributed by atoms with Crippen molar-refractivity contribution in [1.29, 1.82) is 5.26 Å². The number of hydrogen-bond donors (Lipinski definition) is 3. The molecule has 1 rings (SSSR count). The lowest BCUT2D eigenvalue weighted by Crippen LogP contribution is -2.04. The zero-order valence-electron chi connectivity index (χ0n) is 11.0. The molecule has 0 unspecified atom stereocenters. The molecule has 21 heavy (non-hydrogen) atoms. The summed E-state index contributed by atoms with van der Waals surface area (Å²) in [6.07, 6.45) is 0.484. The molecule has 0 amide bonds. The molecule has 0 saturated carbocycles. The van der Waals surface area contributed by atoms with Crippen LogP contribution in [0, 0.1) is 21.4 Å². The summed E-state index contributed by atoms with van der Waals surface area (Å²) in [5.74, 6) is -3.21. The average Bonchev–Trinajstić information content (AvgIpc) is 2.42. The molecule has 110 valence electrons. The number of aliphatic hydroxyl groups excluding tert-OH is 1. The Labute approximate surface area is 119 Å². The van der Waals surface area contributed by atoms with E-state index in [0.29, 0.717) is 6.42 Å². The smallest absolute Gasteiger partial charge is 0.315 e. The van der Waals surface area contributed by atoms with Crippen LogP contribution >= 0.6 is 0 Å². The molecule has 8 nitrogen and oxygen atoms in total. The number of Topliss-reactive ketones (excluding diaryl/α,β-unsaturated/α-hetero) is 1. The van der Waals surface area contributed by atoms with Crippen LogP contribution in [0.25, 0.3) is 5.76 Å². The molecule has 0 aliphatic rings. The highest BCUT2D eigenvalue weighted by molar-refractivity contribution is 6.05. The summed E-state index contributed by atoms with van der Waals surface area (Å²) in [6, 6.07) is 3.13. The summed E-state index contributed by atoms with van der Waals surface area (Å²) in [6.45, 7) is 1.71. The number of aliphatic hydroxyl groups is 1. The van der Waals surface area contributed by atoms with Gasteiger partial charge in [0, 0.05) is 18.1 Å². The Kier molecular flexibility index (Phi) is 4.86. The van der Waals surface area contributed by atoms with E-state index >= 15 is 0 Å². The van der Waals surface area contributed by atoms with Gasteiger partial charge in [-0.25, -0.2) is 0 Å². The number of nitro groups is 1. The summed E-state index contributed by atoms with van der Waals surface area (Å²) in [4.78, 5) is 21.4. The van der Waals surface area contributed by atoms with Gasteiger partial charge in [0.15, 0.2) is 11.5 Å². The first-order valence-electron chi connectivity index (χ1n) is 5.90. The molecule has 1 aromatic carbocycles. The van der Waals surface area contributed by atoms with Crippen molar-refractivity contribution in [2.75, 3.05) is 0 Å². The van der Waals surface area contributed by atoms with Crippen molar-refractivity contribution in [2.45, 2.75) is 19.8 Å². The van der Waals surface area contributed by atoms with Crippen molar-refractivity contribution in [3.63, 3.8) is 0 Å². The minimum Gasteiger partial charge on any atom is -0.506 e. The summed E-state index contributed by atoms with van der Waals surface area (Å²) in [7, 11) is 0. The largest absolute Gasteiger partial charge is 0.506 e. The van der Waals surface area contributed by atoms with Gasteiger partial charge in [-0.1, -0.05) is 6.92 Å². The Morgan fingerprint density at radius 2 is 2.05 bits per heavy atom. The molecule has 8 heteroatoms. The summed E-state index contributed by atoms with van der Waals surface area (Å²) < 4.78 is 0. The second-order valence-corrected chi connectivity index (χ2v) is 4.13. The molecule has 0 radical (unpaired) electrons. The quantitative estimate of drug-likeness (QED) is 0.188. The fraction of sp³-hybridized carbons (Fsp3) is 0.231. The Morgan fingerprint density at radius 1 is 1.43 bits per heavy atom. The number of benzene rings is 1. The number of ketones is 1. The summed E-state index contributed by atoms with van der Waals surface area (Å²) in [5.41, 5.74) is -1.72. The van der Waals surface area contributed by atoms with Crippen molar-refractivity contribution in [3.8, 4) is 17.6 Å². The van der Waals surface area contributed by atoms with E-state index in [-0.39, 0.29) is 12.0 Å². The maximum Gasteiger partial charge on any atom is 0.315 e. The van der Waals surface area contributed by atoms with Crippen LogP contribution in [0.15, 0.2) is 17.7 Å². The molecule has 1 aromatic rings. The van der Waals surface area contributed by atoms with Crippen molar-refractivity contribution in [2.24, 2.45) is 0 Å². The molecule has 0 bridgehead atoms. The lowest BCUT2D eigenvalue weighted by molar-refractivity contribution is -0.386. The highest BCUT2D eigenvalue weighted by Gasteiger charge is 2.23. The molecule has 0 spiro atoms. The zero-order chi connectivity index (χ0) is 16.2. The van der Waals surface area contributed by atoms with Gasteiger partial charge in [-0.2, -0.15) is 5.26 Å². The van der Waals surface area contributed by atoms with Crippen LogP contribution < -0.4 is 0 Å². The third kappa shape index (κ3) is 3.27. The van der Waals surface area contributed by atoms with Gasteiger partial charge in [0.1, 0.15) is 17.4 Å². The van der Waals surface area contributed by atoms with Crippen LogP contribution in [-0.2, 0) is 4.79 Å². The highest BCUT2D eigenvalue weighted by Crippen LogP contribution is 2.38. The van der Waals surface area contributed by atoms with Crippen molar-refractivity contribution in [1.82, 2.24) is 0 Å². The van der Waals surface area contributed by atoms with Gasteiger partial charge in [-0.05, 0) is 12.5 Å².